The van der Waals surface area contributed by atoms with Crippen LogP contribution in [-0.2, 0) is 16.0 Å². The van der Waals surface area contributed by atoms with Crippen LogP contribution < -0.4 is 5.32 Å². The summed E-state index contributed by atoms with van der Waals surface area (Å²) in [6, 6.07) is 6.76. The summed E-state index contributed by atoms with van der Waals surface area (Å²) >= 11 is 3.54. The number of rotatable bonds is 4. The highest BCUT2D eigenvalue weighted by Gasteiger charge is 2.46. The fourth-order valence-corrected chi connectivity index (χ4v) is 4.55. The molecular weight excluding hydrogens is 348 g/mol. The zero-order valence-corrected chi connectivity index (χ0v) is 14.2. The van der Waals surface area contributed by atoms with Gasteiger partial charge in [0.05, 0.1) is 19.7 Å². The lowest BCUT2D eigenvalue weighted by Gasteiger charge is -2.36. The van der Waals surface area contributed by atoms with E-state index in [2.05, 4.69) is 27.3 Å². The lowest BCUT2D eigenvalue weighted by molar-refractivity contribution is -0.148. The fraction of sp³-hybridized carbons (Fsp3) is 0.588. The van der Waals surface area contributed by atoms with Gasteiger partial charge in [0.15, 0.2) is 0 Å². The number of esters is 1. The molecule has 4 unspecified atom stereocenters. The molecule has 2 aliphatic heterocycles. The minimum Gasteiger partial charge on any atom is -0.469 e. The normalized spacial score (nSPS) is 30.3. The maximum atomic E-state index is 12.5. The highest BCUT2D eigenvalue weighted by Crippen LogP contribution is 2.43. The number of nitrogens with one attached hydrogen (secondary N) is 1. The van der Waals surface area contributed by atoms with Crippen molar-refractivity contribution in [3.8, 4) is 0 Å². The molecule has 2 bridgehead atoms. The van der Waals surface area contributed by atoms with Gasteiger partial charge in [0, 0.05) is 28.9 Å². The van der Waals surface area contributed by atoms with Gasteiger partial charge in [-0.15, -0.1) is 0 Å². The molecule has 22 heavy (non-hydrogen) atoms. The summed E-state index contributed by atoms with van der Waals surface area (Å²) in [5.74, 6) is -0.101. The topological polar surface area (TPSA) is 38.3 Å². The van der Waals surface area contributed by atoms with E-state index < -0.39 is 0 Å². The minimum atomic E-state index is -0.361. The van der Waals surface area contributed by atoms with Crippen LogP contribution >= 0.6 is 15.9 Å². The van der Waals surface area contributed by atoms with E-state index >= 15 is 0 Å². The van der Waals surface area contributed by atoms with Crippen molar-refractivity contribution in [3.05, 3.63) is 33.8 Å². The number of halogens is 2. The van der Waals surface area contributed by atoms with E-state index in [0.29, 0.717) is 12.5 Å². The van der Waals surface area contributed by atoms with Crippen LogP contribution in [-0.4, -0.2) is 31.8 Å². The first kappa shape index (κ1) is 15.9. The Morgan fingerprint density at radius 1 is 1.45 bits per heavy atom. The van der Waals surface area contributed by atoms with Crippen molar-refractivity contribution in [2.24, 2.45) is 5.92 Å². The van der Waals surface area contributed by atoms with Crippen molar-refractivity contribution < 1.29 is 13.9 Å². The number of carbonyl (C=O) groups is 1. The molecule has 5 heteroatoms. The summed E-state index contributed by atoms with van der Waals surface area (Å²) in [5.41, 5.74) is 2.11. The molecule has 2 saturated heterocycles. The monoisotopic (exact) mass is 368 g/mol. The number of fused-ring (bicyclic) bond motifs is 2. The highest BCUT2D eigenvalue weighted by molar-refractivity contribution is 9.10. The molecular formula is C17H21BrFNO2. The number of benzene rings is 1. The first-order valence-electron chi connectivity index (χ1n) is 7.82. The van der Waals surface area contributed by atoms with Gasteiger partial charge in [-0.3, -0.25) is 9.18 Å². The molecule has 1 aromatic rings. The Balaban J connectivity index is 1.91. The summed E-state index contributed by atoms with van der Waals surface area (Å²) in [5, 5.41) is 3.54. The molecule has 0 spiro atoms. The molecule has 1 N–H and O–H groups in total. The second kappa shape index (κ2) is 6.67. The van der Waals surface area contributed by atoms with Crippen molar-refractivity contribution in [2.45, 2.75) is 43.7 Å². The van der Waals surface area contributed by atoms with E-state index in [1.807, 2.05) is 12.1 Å². The Hall–Kier alpha value is -0.940. The summed E-state index contributed by atoms with van der Waals surface area (Å²) < 4.78 is 18.5. The van der Waals surface area contributed by atoms with E-state index in [-0.39, 0.29) is 30.5 Å². The number of hydrogen-bond donors (Lipinski definition) is 1. The van der Waals surface area contributed by atoms with Gasteiger partial charge in [0.2, 0.25) is 0 Å². The first-order valence-corrected chi connectivity index (χ1v) is 8.61. The quantitative estimate of drug-likeness (QED) is 0.828. The number of alkyl halides is 1. The molecule has 0 aliphatic carbocycles. The molecule has 1 aromatic carbocycles. The minimum absolute atomic E-state index is 0.133. The van der Waals surface area contributed by atoms with Crippen LogP contribution in [0.4, 0.5) is 4.39 Å². The molecule has 2 fully saturated rings. The van der Waals surface area contributed by atoms with Gasteiger partial charge in [0.25, 0.3) is 0 Å². The average molecular weight is 369 g/mol. The standard InChI is InChI=1S/C17H21BrFNO2/c1-22-17(21)16-13(9-12-4-5-15(16)20-12)11-3-2-10(6-7-19)14(18)8-11/h2-3,8,12-13,15-16,20H,4-7,9H2,1H3/i19-1. The van der Waals surface area contributed by atoms with Crippen LogP contribution in [0.2, 0.25) is 0 Å². The molecule has 2 aliphatic rings. The van der Waals surface area contributed by atoms with Gasteiger partial charge >= 0.3 is 5.97 Å². The van der Waals surface area contributed by atoms with Crippen LogP contribution in [0.1, 0.15) is 36.3 Å². The lowest BCUT2D eigenvalue weighted by atomic mass is 9.77. The third-order valence-electron chi connectivity index (χ3n) is 5.02. The summed E-state index contributed by atoms with van der Waals surface area (Å²) in [4.78, 5) is 12.3. The third-order valence-corrected chi connectivity index (χ3v) is 5.76. The number of carbonyl (C=O) groups excluding carboxylic acids is 1. The van der Waals surface area contributed by atoms with Crippen LogP contribution in [0, 0.1) is 5.92 Å². The third kappa shape index (κ3) is 2.93. The molecule has 120 valence electrons. The second-order valence-electron chi connectivity index (χ2n) is 6.23. The Kier molecular flexibility index (Phi) is 4.83. The first-order chi connectivity index (χ1) is 10.6. The Morgan fingerprint density at radius 3 is 2.95 bits per heavy atom. The van der Waals surface area contributed by atoms with E-state index in [1.54, 1.807) is 0 Å². The smallest absolute Gasteiger partial charge is 0.310 e. The van der Waals surface area contributed by atoms with Gasteiger partial charge in [-0.05, 0) is 36.5 Å². The predicted molar refractivity (Wildman–Crippen MR) is 86.6 cm³/mol. The number of aryl methyl sites for hydroxylation is 1. The molecule has 3 rings (SSSR count). The van der Waals surface area contributed by atoms with Crippen molar-refractivity contribution in [3.63, 3.8) is 0 Å². The largest absolute Gasteiger partial charge is 0.469 e. The van der Waals surface area contributed by atoms with Crippen molar-refractivity contribution in [2.75, 3.05) is 13.8 Å². The van der Waals surface area contributed by atoms with Gasteiger partial charge < -0.3 is 10.1 Å². The summed E-state index contributed by atoms with van der Waals surface area (Å²) in [6.45, 7) is -0.361. The number of ether oxygens (including phenoxy) is 1. The van der Waals surface area contributed by atoms with Crippen molar-refractivity contribution in [1.82, 2.24) is 5.32 Å². The number of methoxy groups -OCH3 is 1. The van der Waals surface area contributed by atoms with E-state index in [1.165, 1.54) is 7.11 Å². The maximum absolute atomic E-state index is 12.5. The molecule has 3 nitrogen and oxygen atoms in total. The number of hydrogen-bond acceptors (Lipinski definition) is 3. The summed E-state index contributed by atoms with van der Waals surface area (Å²) in [6.07, 6.45) is 3.52. The van der Waals surface area contributed by atoms with Crippen LogP contribution in [0.3, 0.4) is 0 Å². The maximum Gasteiger partial charge on any atom is 0.310 e. The molecule has 0 aromatic heterocycles. The molecule has 0 radical (unpaired) electrons. The Labute approximate surface area is 138 Å². The van der Waals surface area contributed by atoms with E-state index in [9.17, 15) is 9.18 Å². The van der Waals surface area contributed by atoms with Crippen molar-refractivity contribution in [1.29, 1.82) is 0 Å². The fourth-order valence-electron chi connectivity index (χ4n) is 3.96. The van der Waals surface area contributed by atoms with E-state index in [0.717, 1.165) is 34.9 Å². The van der Waals surface area contributed by atoms with Crippen LogP contribution in [0.25, 0.3) is 0 Å². The zero-order chi connectivity index (χ0) is 15.7. The Morgan fingerprint density at radius 2 is 2.27 bits per heavy atom. The van der Waals surface area contributed by atoms with Crippen molar-refractivity contribution >= 4 is 21.9 Å². The number of piperidine rings is 1. The second-order valence-corrected chi connectivity index (χ2v) is 7.08. The highest BCUT2D eigenvalue weighted by atomic mass is 79.9. The predicted octanol–water partition coefficient (Wildman–Crippen LogP) is 3.36. The Bertz CT molecular complexity index is 566. The lowest BCUT2D eigenvalue weighted by Crippen LogP contribution is -2.48. The average Bonchev–Trinajstić information content (AvgIpc) is 2.90. The summed E-state index contributed by atoms with van der Waals surface area (Å²) in [7, 11) is 1.46. The van der Waals surface area contributed by atoms with Gasteiger partial charge in [-0.2, -0.15) is 0 Å². The van der Waals surface area contributed by atoms with Gasteiger partial charge in [-0.1, -0.05) is 28.1 Å². The molecule has 0 amide bonds. The molecule has 0 saturated carbocycles. The van der Waals surface area contributed by atoms with Crippen LogP contribution in [0.15, 0.2) is 22.7 Å². The van der Waals surface area contributed by atoms with Gasteiger partial charge in [0.1, 0.15) is 0 Å². The molecule has 2 heterocycles. The van der Waals surface area contributed by atoms with E-state index in [4.69, 9.17) is 4.74 Å². The van der Waals surface area contributed by atoms with Gasteiger partial charge in [-0.25, -0.2) is 0 Å². The SMILES string of the molecule is COC(=O)C1C2CCC(CC1c1ccc(CC[18F])c(Br)c1)N2. The van der Waals surface area contributed by atoms with Crippen LogP contribution in [0.5, 0.6) is 0 Å². The molecule has 4 atom stereocenters. The zero-order valence-electron chi connectivity index (χ0n) is 12.6.